The Morgan fingerprint density at radius 2 is 0.870 bits per heavy atom. The third kappa shape index (κ3) is 38.4. The van der Waals surface area contributed by atoms with E-state index in [0.29, 0.717) is 0 Å². The summed E-state index contributed by atoms with van der Waals surface area (Å²) in [6, 6.07) is 0. The van der Waals surface area contributed by atoms with E-state index in [9.17, 15) is 4.79 Å². The molecule has 0 radical (unpaired) electrons. The van der Waals surface area contributed by atoms with Gasteiger partial charge in [-0.15, -0.1) is 0 Å². The predicted octanol–water partition coefficient (Wildman–Crippen LogP) is 13.8. The number of nitrogens with zero attached hydrogens (tertiary/aromatic N) is 1. The van der Waals surface area contributed by atoms with Crippen LogP contribution in [0.2, 0.25) is 0 Å². The van der Waals surface area contributed by atoms with Crippen LogP contribution < -0.4 is 0 Å². The Balaban J connectivity index is 3.60. The normalized spacial score (nSPS) is 13.0. The maximum atomic E-state index is 11.2. The minimum Gasteiger partial charge on any atom is -0.450 e. The van der Waals surface area contributed by atoms with Crippen LogP contribution in [0.15, 0.2) is 48.6 Å². The lowest BCUT2D eigenvalue weighted by Gasteiger charge is -2.15. The highest BCUT2D eigenvalue weighted by Crippen LogP contribution is 2.17. The topological polar surface area (TPSA) is 49.8 Å². The fraction of sp³-hybridized carbons (Fsp3) is 0.786. The van der Waals surface area contributed by atoms with Crippen LogP contribution in [0.25, 0.3) is 0 Å². The molecule has 0 aliphatic heterocycles. The monoisotopic (exact) mass is 644 g/mol. The molecule has 0 aromatic carbocycles. The van der Waals surface area contributed by atoms with Crippen LogP contribution in [0.1, 0.15) is 187 Å². The second kappa shape index (κ2) is 37.6. The Morgan fingerprint density at radius 3 is 1.24 bits per heavy atom. The summed E-state index contributed by atoms with van der Waals surface area (Å²) in [6.07, 6.45) is 51.4. The number of allylic oxidation sites excluding steroid dienone is 8. The summed E-state index contributed by atoms with van der Waals surface area (Å²) in [6.45, 7) is 3.47. The van der Waals surface area contributed by atoms with Gasteiger partial charge in [-0.05, 0) is 117 Å². The van der Waals surface area contributed by atoms with E-state index >= 15 is 0 Å². The summed E-state index contributed by atoms with van der Waals surface area (Å²) in [5, 5.41) is 9.15. The maximum Gasteiger partial charge on any atom is 0.506 e. The van der Waals surface area contributed by atoms with Crippen molar-refractivity contribution in [1.82, 2.24) is 4.90 Å². The summed E-state index contributed by atoms with van der Waals surface area (Å²) in [4.78, 5) is 13.4. The number of hydrogen-bond donors (Lipinski definition) is 1. The second-order valence-electron chi connectivity index (χ2n) is 13.6. The number of ether oxygens (including phenoxy) is 1. The number of hydrogen-bond acceptors (Lipinski definition) is 3. The van der Waals surface area contributed by atoms with Crippen molar-refractivity contribution < 1.29 is 14.6 Å². The van der Waals surface area contributed by atoms with Crippen LogP contribution in [0.4, 0.5) is 4.79 Å². The zero-order chi connectivity index (χ0) is 33.6. The standard InChI is InChI=1S/C42H77NO3/c1-4-5-6-7-8-9-10-11-12-17-20-23-26-29-32-35-38-41(46-42(44)45)39-36-33-30-27-24-21-18-15-13-14-16-19-22-25-28-31-34-37-40-43(2)3/h8-9,11-13,15-16,19,41H,4-7,10,14,17-18,20-40H2,1-3H3,(H,44,45). The molecule has 268 valence electrons. The molecule has 46 heavy (non-hydrogen) atoms. The molecule has 0 aromatic heterocycles. The van der Waals surface area contributed by atoms with Gasteiger partial charge in [0.2, 0.25) is 0 Å². The Morgan fingerprint density at radius 1 is 0.522 bits per heavy atom. The van der Waals surface area contributed by atoms with E-state index in [4.69, 9.17) is 9.84 Å². The lowest BCUT2D eigenvalue weighted by Crippen LogP contribution is -2.16. The van der Waals surface area contributed by atoms with Crippen molar-refractivity contribution in [3.63, 3.8) is 0 Å². The molecule has 1 N–H and O–H groups in total. The van der Waals surface area contributed by atoms with Gasteiger partial charge in [-0.25, -0.2) is 4.79 Å². The van der Waals surface area contributed by atoms with Gasteiger partial charge in [0, 0.05) is 0 Å². The fourth-order valence-electron chi connectivity index (χ4n) is 5.83. The molecule has 0 saturated carbocycles. The molecule has 0 amide bonds. The van der Waals surface area contributed by atoms with Gasteiger partial charge in [-0.1, -0.05) is 139 Å². The lowest BCUT2D eigenvalue weighted by molar-refractivity contribution is 0.0422. The van der Waals surface area contributed by atoms with E-state index in [1.807, 2.05) is 0 Å². The first-order valence-electron chi connectivity index (χ1n) is 19.7. The highest BCUT2D eigenvalue weighted by atomic mass is 16.7. The van der Waals surface area contributed by atoms with E-state index in [2.05, 4.69) is 74.5 Å². The third-order valence-electron chi connectivity index (χ3n) is 8.72. The molecule has 0 rings (SSSR count). The Bertz CT molecular complexity index is 739. The molecule has 1 atom stereocenters. The summed E-state index contributed by atoms with van der Waals surface area (Å²) < 4.78 is 5.21. The molecule has 0 aliphatic rings. The Kier molecular flexibility index (Phi) is 36.2. The number of carboxylic acid groups (broad SMARTS) is 1. The average molecular weight is 644 g/mol. The van der Waals surface area contributed by atoms with Crippen molar-refractivity contribution in [2.75, 3.05) is 20.6 Å². The third-order valence-corrected chi connectivity index (χ3v) is 8.72. The van der Waals surface area contributed by atoms with Crippen LogP contribution in [0, 0.1) is 0 Å². The van der Waals surface area contributed by atoms with Crippen molar-refractivity contribution in [3.05, 3.63) is 48.6 Å². The van der Waals surface area contributed by atoms with Crippen molar-refractivity contribution in [2.45, 2.75) is 193 Å². The van der Waals surface area contributed by atoms with Crippen molar-refractivity contribution in [2.24, 2.45) is 0 Å². The molecular weight excluding hydrogens is 566 g/mol. The molecule has 0 aliphatic carbocycles. The molecule has 0 fully saturated rings. The van der Waals surface area contributed by atoms with Gasteiger partial charge in [0.1, 0.15) is 6.10 Å². The van der Waals surface area contributed by atoms with Gasteiger partial charge in [0.15, 0.2) is 0 Å². The molecule has 0 saturated heterocycles. The Labute approximate surface area is 287 Å². The summed E-state index contributed by atoms with van der Waals surface area (Å²) in [7, 11) is 4.31. The van der Waals surface area contributed by atoms with Gasteiger partial charge in [0.05, 0.1) is 0 Å². The molecule has 0 bridgehead atoms. The number of unbranched alkanes of at least 4 members (excludes halogenated alkanes) is 20. The Hall–Kier alpha value is -1.81. The van der Waals surface area contributed by atoms with Crippen LogP contribution >= 0.6 is 0 Å². The van der Waals surface area contributed by atoms with Crippen molar-refractivity contribution in [1.29, 1.82) is 0 Å². The lowest BCUT2D eigenvalue weighted by atomic mass is 10.0. The van der Waals surface area contributed by atoms with Gasteiger partial charge in [-0.2, -0.15) is 0 Å². The number of rotatable bonds is 35. The first kappa shape index (κ1) is 44.2. The number of carbonyl (C=O) groups is 1. The first-order valence-corrected chi connectivity index (χ1v) is 19.7. The molecule has 0 heterocycles. The summed E-state index contributed by atoms with van der Waals surface area (Å²) >= 11 is 0. The minimum atomic E-state index is -1.12. The van der Waals surface area contributed by atoms with Crippen LogP contribution in [-0.2, 0) is 4.74 Å². The van der Waals surface area contributed by atoms with E-state index in [-0.39, 0.29) is 6.10 Å². The van der Waals surface area contributed by atoms with E-state index in [1.165, 1.54) is 148 Å². The quantitative estimate of drug-likeness (QED) is 0.0424. The average Bonchev–Trinajstić information content (AvgIpc) is 3.03. The van der Waals surface area contributed by atoms with Crippen LogP contribution in [0.5, 0.6) is 0 Å². The van der Waals surface area contributed by atoms with Crippen molar-refractivity contribution in [3.8, 4) is 0 Å². The zero-order valence-electron chi connectivity index (χ0n) is 30.9. The molecule has 0 aromatic rings. The minimum absolute atomic E-state index is 0.124. The first-order chi connectivity index (χ1) is 22.6. The van der Waals surface area contributed by atoms with Crippen LogP contribution in [0.3, 0.4) is 0 Å². The summed E-state index contributed by atoms with van der Waals surface area (Å²) in [5.41, 5.74) is 0. The van der Waals surface area contributed by atoms with Crippen molar-refractivity contribution >= 4 is 6.16 Å². The van der Waals surface area contributed by atoms with E-state index in [1.54, 1.807) is 0 Å². The van der Waals surface area contributed by atoms with E-state index in [0.717, 1.165) is 38.5 Å². The van der Waals surface area contributed by atoms with Crippen LogP contribution in [-0.4, -0.2) is 42.9 Å². The highest BCUT2D eigenvalue weighted by molar-refractivity contribution is 5.57. The molecule has 4 nitrogen and oxygen atoms in total. The largest absolute Gasteiger partial charge is 0.506 e. The maximum absolute atomic E-state index is 11.2. The molecule has 0 spiro atoms. The zero-order valence-corrected chi connectivity index (χ0v) is 30.9. The van der Waals surface area contributed by atoms with Gasteiger partial charge in [-0.3, -0.25) is 0 Å². The predicted molar refractivity (Wildman–Crippen MR) is 203 cm³/mol. The summed E-state index contributed by atoms with van der Waals surface area (Å²) in [5.74, 6) is 0. The van der Waals surface area contributed by atoms with Gasteiger partial charge < -0.3 is 14.7 Å². The SMILES string of the molecule is CCCCCC=CCC=CCCCCCCCCC(CCCCCCCCC=CCC=CCCCCCCCN(C)C)OC(=O)O. The molecule has 4 heteroatoms. The van der Waals surface area contributed by atoms with Gasteiger partial charge >= 0.3 is 6.16 Å². The van der Waals surface area contributed by atoms with E-state index < -0.39 is 6.16 Å². The second-order valence-corrected chi connectivity index (χ2v) is 13.6. The fourth-order valence-corrected chi connectivity index (χ4v) is 5.83. The smallest absolute Gasteiger partial charge is 0.450 e. The molecular formula is C42H77NO3. The highest BCUT2D eigenvalue weighted by Gasteiger charge is 2.13. The van der Waals surface area contributed by atoms with Gasteiger partial charge in [0.25, 0.3) is 0 Å². The molecule has 1 unspecified atom stereocenters.